The maximum absolute atomic E-state index is 2.77. The van der Waals surface area contributed by atoms with E-state index in [1.807, 2.05) is 0 Å². The van der Waals surface area contributed by atoms with E-state index in [4.69, 9.17) is 0 Å². The largest absolute Gasteiger partial charge is 4.00 e. The van der Waals surface area contributed by atoms with E-state index in [0.717, 1.165) is 99.1 Å². The molecule has 0 N–H and O–H groups in total. The average molecular weight is 1130 g/mol. The van der Waals surface area contributed by atoms with Crippen LogP contribution in [0.1, 0.15) is 121 Å². The van der Waals surface area contributed by atoms with E-state index in [9.17, 15) is 0 Å². The van der Waals surface area contributed by atoms with Crippen LogP contribution in [0.25, 0.3) is 0 Å². The molecule has 0 aromatic heterocycles. The van der Waals surface area contributed by atoms with Gasteiger partial charge in [-0.1, -0.05) is 159 Å². The second-order valence-corrected chi connectivity index (χ2v) is 29.6. The molecule has 0 aromatic rings. The number of hydrogen-bond acceptors (Lipinski definition) is 0. The van der Waals surface area contributed by atoms with Crippen molar-refractivity contribution >= 4 is 16.1 Å². The van der Waals surface area contributed by atoms with Crippen LogP contribution in [0.15, 0.2) is 24.3 Å². The van der Waals surface area contributed by atoms with Crippen molar-refractivity contribution in [1.29, 1.82) is 0 Å². The molecule has 0 aliphatic heterocycles. The fourth-order valence-corrected chi connectivity index (χ4v) is 26.6. The van der Waals surface area contributed by atoms with Gasteiger partial charge in [-0.3, -0.25) is 0 Å². The standard InChI is InChI=1S/C24H42Si.C19H38Si.8CH3.2Hf/c1-9-12-20-19(6)24(22-14-11-10-13-21(20)22)25(7,8)23-17(4)15(2)16(3)18(23)5;1-8-9-17-10-11-18(12-17)20(6,7)19-15(4)13(2)14(3)16(19)5;;;;;;;;;;/h10-11,13-24H,9,12H2,1-8H3;13-19H,8-12H2,1-7H3;8*1H3;;/q;;8*-1;2*+4. The molecule has 55 heavy (non-hydrogen) atoms. The van der Waals surface area contributed by atoms with Crippen molar-refractivity contribution in [3.8, 4) is 0 Å². The number of hydrogen-bond donors (Lipinski definition) is 0. The fraction of sp³-hybridized carbons (Fsp3) is 0.765. The minimum absolute atomic E-state index is 0. The maximum atomic E-state index is 2.77. The van der Waals surface area contributed by atoms with Crippen molar-refractivity contribution in [2.45, 2.75) is 169 Å². The molecule has 15 atom stereocenters. The van der Waals surface area contributed by atoms with Gasteiger partial charge in [-0.05, 0) is 112 Å². The van der Waals surface area contributed by atoms with E-state index in [1.54, 1.807) is 12.8 Å². The quantitative estimate of drug-likeness (QED) is 0.168. The summed E-state index contributed by atoms with van der Waals surface area (Å²) in [5.41, 5.74) is 4.14. The summed E-state index contributed by atoms with van der Waals surface area (Å²) < 4.78 is 0. The Morgan fingerprint density at radius 2 is 0.800 bits per heavy atom. The van der Waals surface area contributed by atoms with E-state index >= 15 is 0 Å². The van der Waals surface area contributed by atoms with Crippen LogP contribution in [0.2, 0.25) is 48.4 Å². The van der Waals surface area contributed by atoms with Crippen LogP contribution in [0.4, 0.5) is 0 Å². The Morgan fingerprint density at radius 1 is 0.436 bits per heavy atom. The molecule has 5 rings (SSSR count). The molecular weight excluding hydrogens is 1030 g/mol. The summed E-state index contributed by atoms with van der Waals surface area (Å²) in [6.07, 6.45) is 20.2. The van der Waals surface area contributed by atoms with Gasteiger partial charge >= 0.3 is 51.7 Å². The van der Waals surface area contributed by atoms with Gasteiger partial charge in [-0.15, -0.1) is 0 Å². The Bertz CT molecular complexity index is 992. The van der Waals surface area contributed by atoms with Gasteiger partial charge in [0.15, 0.2) is 0 Å². The van der Waals surface area contributed by atoms with Crippen LogP contribution in [-0.2, 0) is 51.7 Å². The Balaban J connectivity index is -0.000000144. The number of allylic oxidation sites excluding steroid dienone is 4. The maximum Gasteiger partial charge on any atom is 4.00 e. The summed E-state index contributed by atoms with van der Waals surface area (Å²) in [6.45, 7) is 38.8. The van der Waals surface area contributed by atoms with E-state index < -0.39 is 16.1 Å². The van der Waals surface area contributed by atoms with Crippen LogP contribution in [0.5, 0.6) is 0 Å². The van der Waals surface area contributed by atoms with Crippen molar-refractivity contribution in [3.63, 3.8) is 0 Å². The van der Waals surface area contributed by atoms with Gasteiger partial charge < -0.3 is 59.4 Å². The van der Waals surface area contributed by atoms with E-state index in [2.05, 4.69) is 127 Å². The second kappa shape index (κ2) is 29.0. The first-order valence-corrected chi connectivity index (χ1v) is 26.7. The van der Waals surface area contributed by atoms with Crippen molar-refractivity contribution in [3.05, 3.63) is 83.7 Å². The summed E-state index contributed by atoms with van der Waals surface area (Å²) >= 11 is 0. The van der Waals surface area contributed by atoms with Crippen molar-refractivity contribution in [2.75, 3.05) is 0 Å². The van der Waals surface area contributed by atoms with Gasteiger partial charge in [0.25, 0.3) is 0 Å². The molecule has 15 unspecified atom stereocenters. The molecule has 0 spiro atoms. The van der Waals surface area contributed by atoms with Gasteiger partial charge in [-0.2, -0.15) is 0 Å². The molecule has 0 saturated heterocycles. The summed E-state index contributed by atoms with van der Waals surface area (Å²) in [5, 5.41) is 0. The number of fused-ring (bicyclic) bond motifs is 1. The molecule has 0 aromatic carbocycles. The van der Waals surface area contributed by atoms with Crippen LogP contribution in [0, 0.1) is 136 Å². The zero-order valence-corrected chi connectivity index (χ0v) is 51.3. The monoisotopic (exact) mass is 1130 g/mol. The first kappa shape index (κ1) is 71.2. The van der Waals surface area contributed by atoms with Gasteiger partial charge in [0.1, 0.15) is 0 Å². The van der Waals surface area contributed by atoms with Gasteiger partial charge in [0.2, 0.25) is 0 Å². The molecule has 0 bridgehead atoms. The van der Waals surface area contributed by atoms with Crippen molar-refractivity contribution in [1.82, 2.24) is 0 Å². The first-order chi connectivity index (χ1) is 21.0. The molecule has 4 saturated carbocycles. The fourth-order valence-electron chi connectivity index (χ4n) is 14.2. The van der Waals surface area contributed by atoms with Crippen molar-refractivity contribution < 1.29 is 51.7 Å². The van der Waals surface area contributed by atoms with E-state index in [1.165, 1.54) is 32.1 Å². The topological polar surface area (TPSA) is 0 Å². The Kier molecular flexibility index (Phi) is 37.6. The predicted molar refractivity (Wildman–Crippen MR) is 260 cm³/mol. The molecule has 4 fully saturated rings. The molecule has 0 heterocycles. The van der Waals surface area contributed by atoms with E-state index in [-0.39, 0.29) is 111 Å². The van der Waals surface area contributed by atoms with E-state index in [0.29, 0.717) is 0 Å². The average Bonchev–Trinajstić information content (AvgIpc) is 3.68. The minimum atomic E-state index is -1.37. The van der Waals surface area contributed by atoms with Crippen LogP contribution in [-0.4, -0.2) is 16.1 Å². The summed E-state index contributed by atoms with van der Waals surface area (Å²) in [7, 11) is -2.49. The van der Waals surface area contributed by atoms with Gasteiger partial charge in [0, 0.05) is 0 Å². The molecule has 4 heteroatoms. The normalized spacial score (nSPS) is 39.3. The van der Waals surface area contributed by atoms with Gasteiger partial charge in [0.05, 0.1) is 16.1 Å². The molecule has 5 aliphatic carbocycles. The molecule has 0 radical (unpaired) electrons. The van der Waals surface area contributed by atoms with Crippen LogP contribution < -0.4 is 0 Å². The van der Waals surface area contributed by atoms with Crippen LogP contribution >= 0.6 is 0 Å². The molecular formula is C51H104Hf2Si2. The Labute approximate surface area is 394 Å². The SMILES string of the molecule is CCCC1C(C)C([Si](C)(C)C2C(C)C(C)C(C)C2C)C2C=CC=CC21.CCCC1CCC([Si](C)(C)C2C(C)C(C)C(C)C2C)C1.[CH3-].[CH3-].[CH3-].[CH3-].[CH3-].[CH3-].[CH3-].[CH3-].[Hf+4].[Hf+4]. The summed E-state index contributed by atoms with van der Waals surface area (Å²) in [5.74, 6) is 11.9. The second-order valence-electron chi connectivity index (χ2n) is 19.5. The van der Waals surface area contributed by atoms with Crippen LogP contribution in [0.3, 0.4) is 0 Å². The first-order valence-electron chi connectivity index (χ1n) is 20.4. The molecule has 0 amide bonds. The van der Waals surface area contributed by atoms with Gasteiger partial charge in [-0.25, -0.2) is 0 Å². The molecule has 5 aliphatic rings. The third-order valence-electron chi connectivity index (χ3n) is 17.1. The smallest absolute Gasteiger partial charge is 0.358 e. The molecule has 0 nitrogen and oxygen atoms in total. The van der Waals surface area contributed by atoms with Crippen molar-refractivity contribution in [2.24, 2.45) is 76.9 Å². The number of rotatable bonds is 8. The predicted octanol–water partition coefficient (Wildman–Crippen LogP) is 17.6. The summed E-state index contributed by atoms with van der Waals surface area (Å²) in [6, 6.07) is 0. The minimum Gasteiger partial charge on any atom is -0.358 e. The summed E-state index contributed by atoms with van der Waals surface area (Å²) in [4.78, 5) is 0. The zero-order chi connectivity index (χ0) is 33.6. The third-order valence-corrected chi connectivity index (χ3v) is 27.9. The Morgan fingerprint density at radius 3 is 1.18 bits per heavy atom. The zero-order valence-electron chi connectivity index (χ0n) is 42.1. The third kappa shape index (κ3) is 13.8. The Hall–Kier alpha value is 1.65. The molecule has 324 valence electrons.